The van der Waals surface area contributed by atoms with Crippen molar-refractivity contribution in [2.45, 2.75) is 18.8 Å². The average molecular weight is 823 g/mol. The number of benzene rings is 7. The van der Waals surface area contributed by atoms with Crippen LogP contribution in [0.1, 0.15) is 16.7 Å². The van der Waals surface area contributed by atoms with Crippen molar-refractivity contribution in [3.05, 3.63) is 223 Å². The molecule has 7 rings (SSSR count). The third-order valence-corrected chi connectivity index (χ3v) is 11.2. The predicted octanol–water partition coefficient (Wildman–Crippen LogP) is 12.2. The second-order valence-electron chi connectivity index (χ2n) is 12.5. The Morgan fingerprint density at radius 3 is 1.29 bits per heavy atom. The Kier molecular flexibility index (Phi) is 15.5. The van der Waals surface area contributed by atoms with E-state index in [1.807, 2.05) is 133 Å². The van der Waals surface area contributed by atoms with Gasteiger partial charge in [0.25, 0.3) is 0 Å². The summed E-state index contributed by atoms with van der Waals surface area (Å²) in [6, 6.07) is 63.9. The third-order valence-electron chi connectivity index (χ3n) is 8.11. The first-order valence-electron chi connectivity index (χ1n) is 18.5. The molecule has 1 unspecified atom stereocenters. The van der Waals surface area contributed by atoms with Gasteiger partial charge in [-0.1, -0.05) is 133 Å². The lowest BCUT2D eigenvalue weighted by molar-refractivity contribution is 0.137. The molecule has 1 amide bonds. The van der Waals surface area contributed by atoms with Crippen LogP contribution in [-0.2, 0) is 22.3 Å². The zero-order valence-corrected chi connectivity index (χ0v) is 33.5. The van der Waals surface area contributed by atoms with Gasteiger partial charge in [0.05, 0.1) is 11.6 Å². The van der Waals surface area contributed by atoms with Crippen molar-refractivity contribution in [1.82, 2.24) is 5.32 Å². The lowest BCUT2D eigenvalue weighted by atomic mass is 10.1. The molecule has 7 aromatic rings. The Hall–Kier alpha value is -7.04. The number of nitrogens with one attached hydrogen (secondary N) is 1. The summed E-state index contributed by atoms with van der Waals surface area (Å²) >= 11 is 0. The molecule has 0 aliphatic heterocycles. The Balaban J connectivity index is 0.000000226. The van der Waals surface area contributed by atoms with E-state index < -0.39 is 28.1 Å². The average Bonchev–Trinajstić information content (AvgIpc) is 3.28. The fourth-order valence-electron chi connectivity index (χ4n) is 5.24. The van der Waals surface area contributed by atoms with E-state index in [4.69, 9.17) is 32.6 Å². The van der Waals surface area contributed by atoms with Gasteiger partial charge in [0, 0.05) is 6.42 Å². The topological polar surface area (TPSA) is 125 Å². The molecule has 7 aromatic carbocycles. The van der Waals surface area contributed by atoms with Crippen molar-refractivity contribution in [2.24, 2.45) is 0 Å². The minimum atomic E-state index is -4.08. The maximum absolute atomic E-state index is 14.4. The maximum Gasteiger partial charge on any atom is 0.530 e. The van der Waals surface area contributed by atoms with Crippen LogP contribution in [0.4, 0.5) is 4.79 Å². The largest absolute Gasteiger partial charge is 0.530 e. The highest BCUT2D eigenvalue weighted by atomic mass is 31.2. The smallest absolute Gasteiger partial charge is 0.445 e. The number of hydrogen-bond acceptors (Lipinski definition) is 9. The molecule has 0 saturated heterocycles. The molecule has 0 heterocycles. The Labute approximate surface area is 345 Å². The van der Waals surface area contributed by atoms with Gasteiger partial charge in [0.1, 0.15) is 35.4 Å². The molecule has 0 spiro atoms. The van der Waals surface area contributed by atoms with E-state index in [0.717, 1.165) is 11.1 Å². The van der Waals surface area contributed by atoms with Gasteiger partial charge in [-0.25, -0.2) is 9.36 Å². The van der Waals surface area contributed by atoms with Crippen molar-refractivity contribution >= 4 is 22.3 Å². The fourth-order valence-corrected chi connectivity index (χ4v) is 8.06. The molecule has 0 bridgehead atoms. The van der Waals surface area contributed by atoms with Crippen LogP contribution < -0.4 is 27.9 Å². The van der Waals surface area contributed by atoms with Crippen LogP contribution in [0.25, 0.3) is 0 Å². The van der Waals surface area contributed by atoms with Gasteiger partial charge in [0.2, 0.25) is 0 Å². The molecule has 59 heavy (non-hydrogen) atoms. The van der Waals surface area contributed by atoms with E-state index in [0.29, 0.717) is 34.3 Å². The Morgan fingerprint density at radius 1 is 0.525 bits per heavy atom. The van der Waals surface area contributed by atoms with Gasteiger partial charge >= 0.3 is 22.3 Å². The van der Waals surface area contributed by atoms with Crippen LogP contribution in [0, 0.1) is 11.3 Å². The lowest BCUT2D eigenvalue weighted by Crippen LogP contribution is -2.39. The van der Waals surface area contributed by atoms with Crippen molar-refractivity contribution in [3.8, 4) is 34.8 Å². The summed E-state index contributed by atoms with van der Waals surface area (Å²) in [6.45, 7) is 0.0413. The van der Waals surface area contributed by atoms with Crippen molar-refractivity contribution in [3.63, 3.8) is 0 Å². The fraction of sp³-hybridized carbons (Fsp3) is 0.0638. The molecule has 1 N–H and O–H groups in total. The summed E-state index contributed by atoms with van der Waals surface area (Å²) in [4.78, 5) is 12.9. The quantitative estimate of drug-likeness (QED) is 0.0948. The summed E-state index contributed by atoms with van der Waals surface area (Å²) in [6.07, 6.45) is -0.667. The number of alkyl carbamates (subject to hydrolysis) is 1. The monoisotopic (exact) mass is 822 g/mol. The molecule has 0 radical (unpaired) electrons. The molecule has 0 saturated carbocycles. The molecule has 0 aliphatic carbocycles. The van der Waals surface area contributed by atoms with Gasteiger partial charge in [-0.15, -0.1) is 0 Å². The molecule has 12 heteroatoms. The number of ether oxygens (including phenoxy) is 1. The first kappa shape index (κ1) is 41.6. The van der Waals surface area contributed by atoms with Crippen molar-refractivity contribution < 1.29 is 36.7 Å². The first-order chi connectivity index (χ1) is 28.9. The minimum Gasteiger partial charge on any atom is -0.445 e. The zero-order chi connectivity index (χ0) is 41.0. The Morgan fingerprint density at radius 2 is 0.898 bits per heavy atom. The van der Waals surface area contributed by atoms with Crippen LogP contribution >= 0.6 is 16.2 Å². The number of carbonyl (C=O) groups is 1. The van der Waals surface area contributed by atoms with E-state index in [1.165, 1.54) is 0 Å². The molecule has 0 aromatic heterocycles. The van der Waals surface area contributed by atoms with Crippen LogP contribution in [0.3, 0.4) is 0 Å². The second kappa shape index (κ2) is 22.0. The van der Waals surface area contributed by atoms with Crippen molar-refractivity contribution in [1.29, 1.82) is 5.26 Å². The van der Waals surface area contributed by atoms with Crippen LogP contribution in [0.2, 0.25) is 0 Å². The van der Waals surface area contributed by atoms with E-state index in [-0.39, 0.29) is 13.0 Å². The summed E-state index contributed by atoms with van der Waals surface area (Å²) < 4.78 is 49.3. The summed E-state index contributed by atoms with van der Waals surface area (Å²) in [5.74, 6) is 1.67. The van der Waals surface area contributed by atoms with Gasteiger partial charge < -0.3 is 32.7 Å². The van der Waals surface area contributed by atoms with E-state index in [9.17, 15) is 9.36 Å². The minimum absolute atomic E-state index is 0.0413. The number of amides is 1. The molecule has 0 fully saturated rings. The van der Waals surface area contributed by atoms with Crippen LogP contribution in [0.5, 0.6) is 28.7 Å². The third kappa shape index (κ3) is 13.8. The lowest BCUT2D eigenvalue weighted by Gasteiger charge is -2.28. The number of hydrogen-bond donors (Lipinski definition) is 1. The van der Waals surface area contributed by atoms with Gasteiger partial charge in [0.15, 0.2) is 5.78 Å². The normalized spacial score (nSPS) is 11.1. The highest BCUT2D eigenvalue weighted by Gasteiger charge is 2.41. The second-order valence-corrected chi connectivity index (χ2v) is 15.6. The van der Waals surface area contributed by atoms with Gasteiger partial charge in [-0.3, -0.25) is 0 Å². The standard InChI is InChI=1S/C29H25N2O5P.C18H15O3P/c30-21-24-18-16-23(17-19-24)20-28(31-29(32)34-22-25-10-4-1-5-11-25)37(33,35-26-12-6-2-7-13-26)36-27-14-8-3-9-15-27;1-4-10-16(11-5-1)19-22(20-17-12-6-2-7-13-17)21-18-14-8-3-9-15-18/h1-19,28H,20,22H2,(H,31,32);1-15H. The number of rotatable bonds is 16. The number of nitriles is 1. The van der Waals surface area contributed by atoms with Crippen molar-refractivity contribution in [2.75, 3.05) is 0 Å². The molecule has 10 nitrogen and oxygen atoms in total. The molecule has 0 aliphatic rings. The number of carbonyl (C=O) groups excluding carboxylic acids is 1. The van der Waals surface area contributed by atoms with Gasteiger partial charge in [-0.2, -0.15) is 5.26 Å². The molecule has 296 valence electrons. The molecular formula is C47H40N2O8P2. The van der Waals surface area contributed by atoms with E-state index in [2.05, 4.69) is 11.4 Å². The maximum atomic E-state index is 14.4. The molecule has 1 atom stereocenters. The highest BCUT2D eigenvalue weighted by Crippen LogP contribution is 2.53. The predicted molar refractivity (Wildman–Crippen MR) is 228 cm³/mol. The van der Waals surface area contributed by atoms with Crippen LogP contribution in [0.15, 0.2) is 206 Å². The van der Waals surface area contributed by atoms with Gasteiger partial charge in [-0.05, 0) is 83.9 Å². The first-order valence-corrected chi connectivity index (χ1v) is 21.2. The summed E-state index contributed by atoms with van der Waals surface area (Å²) in [7, 11) is -5.67. The summed E-state index contributed by atoms with van der Waals surface area (Å²) in [5, 5.41) is 11.8. The summed E-state index contributed by atoms with van der Waals surface area (Å²) in [5.41, 5.74) is 2.02. The highest BCUT2D eigenvalue weighted by molar-refractivity contribution is 7.55. The zero-order valence-electron chi connectivity index (χ0n) is 31.7. The SMILES string of the molecule is N#Cc1ccc(CC(NC(=O)OCc2ccccc2)P(=O)(Oc2ccccc2)Oc2ccccc2)cc1.c1ccc(OP(Oc2ccccc2)Oc2ccccc2)cc1. The van der Waals surface area contributed by atoms with E-state index in [1.54, 1.807) is 72.8 Å². The number of nitrogens with zero attached hydrogens (tertiary/aromatic N) is 1. The van der Waals surface area contributed by atoms with E-state index >= 15 is 0 Å². The Bertz CT molecular complexity index is 2230. The number of para-hydroxylation sites is 5. The van der Waals surface area contributed by atoms with Crippen LogP contribution in [-0.4, -0.2) is 11.9 Å². The molecular weight excluding hydrogens is 782 g/mol.